The van der Waals surface area contributed by atoms with Crippen LogP contribution in [0.15, 0.2) is 55.6 Å². The molecule has 7 atom stereocenters. The summed E-state index contributed by atoms with van der Waals surface area (Å²) < 4.78 is 12.6. The average molecular weight is 661 g/mol. The molecule has 1 aromatic rings. The quantitative estimate of drug-likeness (QED) is 0.169. The second-order valence-corrected chi connectivity index (χ2v) is 12.8. The number of esters is 1. The molecule has 11 heteroatoms. The van der Waals surface area contributed by atoms with Crippen molar-refractivity contribution in [1.29, 1.82) is 0 Å². The summed E-state index contributed by atoms with van der Waals surface area (Å²) in [7, 11) is 0. The number of likely N-dealkylation sites (tertiary alicyclic amines) is 1. The van der Waals surface area contributed by atoms with E-state index in [1.54, 1.807) is 17.1 Å². The lowest BCUT2D eigenvalue weighted by Crippen LogP contribution is -2.58. The number of carbonyl (C=O) groups excluding carboxylic acids is 4. The molecule has 1 unspecified atom stereocenters. The van der Waals surface area contributed by atoms with Crippen LogP contribution in [0.25, 0.3) is 0 Å². The monoisotopic (exact) mass is 659 g/mol. The first-order valence-electron chi connectivity index (χ1n) is 14.9. The number of fused-ring (bicyclic) bond motifs is 1. The Morgan fingerprint density at radius 3 is 2.60 bits per heavy atom. The van der Waals surface area contributed by atoms with Crippen LogP contribution in [0.1, 0.15) is 51.2 Å². The highest BCUT2D eigenvalue weighted by Crippen LogP contribution is 2.60. The minimum atomic E-state index is -1.23. The molecule has 3 amide bonds. The molecule has 1 spiro atoms. The lowest BCUT2D eigenvalue weighted by Gasteiger charge is -2.38. The molecule has 3 saturated heterocycles. The molecule has 3 aliphatic rings. The number of hydrogen-bond acceptors (Lipinski definition) is 7. The van der Waals surface area contributed by atoms with Crippen LogP contribution in [0.2, 0.25) is 0 Å². The van der Waals surface area contributed by atoms with Gasteiger partial charge in [0.1, 0.15) is 17.7 Å². The predicted octanol–water partition coefficient (Wildman–Crippen LogP) is 2.91. The fourth-order valence-electron chi connectivity index (χ4n) is 6.65. The molecule has 3 heterocycles. The van der Waals surface area contributed by atoms with Gasteiger partial charge in [0.05, 0.1) is 24.5 Å². The molecule has 0 aromatic heterocycles. The van der Waals surface area contributed by atoms with Crippen LogP contribution < -0.4 is 5.32 Å². The van der Waals surface area contributed by atoms with Crippen molar-refractivity contribution in [2.75, 3.05) is 26.2 Å². The van der Waals surface area contributed by atoms with Gasteiger partial charge in [0.2, 0.25) is 17.7 Å². The summed E-state index contributed by atoms with van der Waals surface area (Å²) >= 11 is 3.68. The van der Waals surface area contributed by atoms with Crippen LogP contribution in [0.5, 0.6) is 0 Å². The van der Waals surface area contributed by atoms with Crippen molar-refractivity contribution < 1.29 is 33.8 Å². The van der Waals surface area contributed by atoms with Crippen LogP contribution in [0.3, 0.4) is 0 Å². The van der Waals surface area contributed by atoms with Gasteiger partial charge >= 0.3 is 5.97 Å². The second kappa shape index (κ2) is 14.2. The van der Waals surface area contributed by atoms with Gasteiger partial charge in [-0.05, 0) is 38.7 Å². The summed E-state index contributed by atoms with van der Waals surface area (Å²) in [6.07, 6.45) is 3.26. The molecule has 0 radical (unpaired) electrons. The van der Waals surface area contributed by atoms with Gasteiger partial charge in [0, 0.05) is 37.0 Å². The normalized spacial score (nSPS) is 28.0. The molecule has 234 valence electrons. The van der Waals surface area contributed by atoms with Crippen molar-refractivity contribution in [3.63, 3.8) is 0 Å². The van der Waals surface area contributed by atoms with Crippen molar-refractivity contribution in [1.82, 2.24) is 15.1 Å². The Morgan fingerprint density at radius 1 is 1.26 bits per heavy atom. The number of aliphatic hydroxyl groups is 1. The summed E-state index contributed by atoms with van der Waals surface area (Å²) in [5.74, 6) is -3.34. The van der Waals surface area contributed by atoms with Gasteiger partial charge in [-0.3, -0.25) is 19.2 Å². The lowest BCUT2D eigenvalue weighted by molar-refractivity contribution is -0.160. The summed E-state index contributed by atoms with van der Waals surface area (Å²) in [6, 6.07) is 7.98. The number of allylic oxidation sites excluding steroid dienone is 1. The largest absolute Gasteiger partial charge is 0.455 e. The van der Waals surface area contributed by atoms with Gasteiger partial charge in [-0.25, -0.2) is 0 Å². The molecule has 0 saturated carbocycles. The van der Waals surface area contributed by atoms with Gasteiger partial charge in [0.15, 0.2) is 0 Å². The maximum Gasteiger partial charge on any atom is 0.313 e. The first-order valence-corrected chi connectivity index (χ1v) is 15.8. The zero-order valence-electron chi connectivity index (χ0n) is 24.8. The van der Waals surface area contributed by atoms with E-state index < -0.39 is 41.7 Å². The van der Waals surface area contributed by atoms with E-state index in [9.17, 15) is 24.3 Å². The minimum Gasteiger partial charge on any atom is -0.455 e. The Kier molecular flexibility index (Phi) is 10.8. The SMILES string of the molecule is C=CCCC(=O)NC[C@@H](OC(=O)[C@H]1[C@@H]2O[C@@]3(CC2Br)[C@@H]1C(=O)N(CCCO)[C@@H]3C(=O)N(CC=C)C(C)C)c1ccccc1. The maximum absolute atomic E-state index is 14.2. The van der Waals surface area contributed by atoms with E-state index in [0.717, 1.165) is 0 Å². The molecule has 3 fully saturated rings. The van der Waals surface area contributed by atoms with E-state index in [2.05, 4.69) is 34.4 Å². The van der Waals surface area contributed by atoms with Crippen molar-refractivity contribution in [3.05, 3.63) is 61.2 Å². The molecule has 2 bridgehead atoms. The number of benzene rings is 1. The van der Waals surface area contributed by atoms with E-state index >= 15 is 0 Å². The predicted molar refractivity (Wildman–Crippen MR) is 164 cm³/mol. The molecule has 4 rings (SSSR count). The van der Waals surface area contributed by atoms with E-state index in [4.69, 9.17) is 9.47 Å². The Morgan fingerprint density at radius 2 is 1.98 bits per heavy atom. The van der Waals surface area contributed by atoms with Crippen LogP contribution in [0.4, 0.5) is 0 Å². The average Bonchev–Trinajstić information content (AvgIpc) is 3.58. The van der Waals surface area contributed by atoms with Crippen molar-refractivity contribution in [3.8, 4) is 0 Å². The lowest BCUT2D eigenvalue weighted by atomic mass is 9.70. The van der Waals surface area contributed by atoms with Gasteiger partial charge in [-0.15, -0.1) is 13.2 Å². The smallest absolute Gasteiger partial charge is 0.313 e. The van der Waals surface area contributed by atoms with Gasteiger partial charge in [-0.1, -0.05) is 58.4 Å². The standard InChI is InChI=1S/C32H42BrN3O7/c1-5-7-14-24(38)34-19-23(21-12-9-8-10-13-21)42-31(41)25-26-29(39)36(16-11-17-37)28(30(40)35(15-6-2)20(3)4)32(26)18-22(33)27(25)43-32/h5-6,8-10,12-13,20,22-23,25-28,37H,1-2,7,11,14-19H2,3-4H3,(H,34,38)/t22?,23-,25-,26+,27-,28-,32+/m1/s1. The fourth-order valence-corrected chi connectivity index (χ4v) is 7.60. The zero-order chi connectivity index (χ0) is 31.3. The van der Waals surface area contributed by atoms with E-state index in [1.165, 1.54) is 4.90 Å². The number of alkyl halides is 1. The number of halogens is 1. The first kappa shape index (κ1) is 32.9. The van der Waals surface area contributed by atoms with E-state index in [0.29, 0.717) is 24.9 Å². The maximum atomic E-state index is 14.2. The number of aliphatic hydroxyl groups excluding tert-OH is 1. The summed E-state index contributed by atoms with van der Waals surface area (Å²) in [6.45, 7) is 11.6. The van der Waals surface area contributed by atoms with Gasteiger partial charge in [0.25, 0.3) is 0 Å². The third-order valence-corrected chi connectivity index (χ3v) is 9.42. The highest BCUT2D eigenvalue weighted by atomic mass is 79.9. The number of nitrogens with one attached hydrogen (secondary N) is 1. The summed E-state index contributed by atoms with van der Waals surface area (Å²) in [5, 5.41) is 12.4. The zero-order valence-corrected chi connectivity index (χ0v) is 26.4. The molecule has 3 aliphatic heterocycles. The molecule has 1 aromatic carbocycles. The van der Waals surface area contributed by atoms with Gasteiger partial charge in [-0.2, -0.15) is 0 Å². The first-order chi connectivity index (χ1) is 20.6. The number of amides is 3. The van der Waals surface area contributed by atoms with Crippen molar-refractivity contribution in [2.45, 2.75) is 74.3 Å². The molecule has 0 aliphatic carbocycles. The fraction of sp³-hybridized carbons (Fsp3) is 0.562. The number of carbonyl (C=O) groups is 4. The Labute approximate surface area is 261 Å². The number of rotatable bonds is 15. The Hall–Kier alpha value is -3.02. The highest BCUT2D eigenvalue weighted by molar-refractivity contribution is 9.09. The van der Waals surface area contributed by atoms with E-state index in [-0.39, 0.29) is 61.1 Å². The van der Waals surface area contributed by atoms with Crippen molar-refractivity contribution >= 4 is 39.6 Å². The van der Waals surface area contributed by atoms with E-state index in [1.807, 2.05) is 44.2 Å². The summed E-state index contributed by atoms with van der Waals surface area (Å²) in [4.78, 5) is 57.5. The third-order valence-electron chi connectivity index (χ3n) is 8.57. The van der Waals surface area contributed by atoms with Crippen LogP contribution >= 0.6 is 15.9 Å². The number of hydrogen-bond donors (Lipinski definition) is 2. The second-order valence-electron chi connectivity index (χ2n) is 11.6. The highest BCUT2D eigenvalue weighted by Gasteiger charge is 2.77. The molecular formula is C32H42BrN3O7. The number of nitrogens with zero attached hydrogens (tertiary/aromatic N) is 2. The molecule has 43 heavy (non-hydrogen) atoms. The third kappa shape index (κ3) is 6.44. The topological polar surface area (TPSA) is 125 Å². The van der Waals surface area contributed by atoms with Crippen LogP contribution in [0, 0.1) is 11.8 Å². The molecule has 10 nitrogen and oxygen atoms in total. The van der Waals surface area contributed by atoms with Crippen molar-refractivity contribution in [2.24, 2.45) is 11.8 Å². The molecular weight excluding hydrogens is 618 g/mol. The number of ether oxygens (including phenoxy) is 2. The Balaban J connectivity index is 1.65. The Bertz CT molecular complexity index is 1210. The van der Waals surface area contributed by atoms with Gasteiger partial charge < -0.3 is 29.7 Å². The van der Waals surface area contributed by atoms with Crippen LogP contribution in [-0.4, -0.2) is 93.5 Å². The summed E-state index contributed by atoms with van der Waals surface area (Å²) in [5.41, 5.74) is -0.539. The minimum absolute atomic E-state index is 0.0557. The molecule has 2 N–H and O–H groups in total. The van der Waals surface area contributed by atoms with Crippen LogP contribution in [-0.2, 0) is 28.7 Å².